The maximum atomic E-state index is 13.4. The summed E-state index contributed by atoms with van der Waals surface area (Å²) in [6.45, 7) is 3.64. The molecule has 0 spiro atoms. The van der Waals surface area contributed by atoms with Gasteiger partial charge in [0.1, 0.15) is 0 Å². The van der Waals surface area contributed by atoms with Crippen LogP contribution in [-0.4, -0.2) is 14.3 Å². The average molecular weight is 460 g/mol. The number of carbonyl (C=O) groups is 1. The van der Waals surface area contributed by atoms with Crippen LogP contribution in [0.1, 0.15) is 16.7 Å². The Morgan fingerprint density at radius 3 is 2.30 bits per heavy atom. The standard InChI is InChI=1S/C23H19Cl2NO3S/c1-16-7-6-10-22(17(16)2)26(30(28,29)20-8-4-3-5-9-20)23(27)14-12-18-11-13-19(24)15-21(18)25/h3-15H,1-2H3/b14-12+. The van der Waals surface area contributed by atoms with Gasteiger partial charge in [0.25, 0.3) is 15.9 Å². The maximum absolute atomic E-state index is 13.4. The fourth-order valence-corrected chi connectivity index (χ4v) is 4.82. The lowest BCUT2D eigenvalue weighted by atomic mass is 10.1. The number of hydrogen-bond acceptors (Lipinski definition) is 3. The minimum absolute atomic E-state index is 0.0252. The molecule has 0 aliphatic rings. The van der Waals surface area contributed by atoms with Crippen LogP contribution in [0.3, 0.4) is 0 Å². The smallest absolute Gasteiger partial charge is 0.268 e. The van der Waals surface area contributed by atoms with Gasteiger partial charge in [0.05, 0.1) is 10.6 Å². The van der Waals surface area contributed by atoms with Gasteiger partial charge in [0, 0.05) is 16.1 Å². The maximum Gasteiger partial charge on any atom is 0.271 e. The van der Waals surface area contributed by atoms with E-state index in [1.165, 1.54) is 24.3 Å². The summed E-state index contributed by atoms with van der Waals surface area (Å²) in [5.41, 5.74) is 2.42. The normalized spacial score (nSPS) is 11.6. The van der Waals surface area contributed by atoms with Crippen molar-refractivity contribution in [3.05, 3.63) is 99.5 Å². The number of aryl methyl sites for hydroxylation is 1. The van der Waals surface area contributed by atoms with Gasteiger partial charge < -0.3 is 0 Å². The van der Waals surface area contributed by atoms with Crippen LogP contribution in [0.15, 0.2) is 77.7 Å². The Kier molecular flexibility index (Phi) is 6.66. The Morgan fingerprint density at radius 1 is 0.933 bits per heavy atom. The Balaban J connectivity index is 2.11. The molecule has 0 bridgehead atoms. The number of rotatable bonds is 5. The van der Waals surface area contributed by atoms with E-state index in [1.54, 1.807) is 55.5 Å². The van der Waals surface area contributed by atoms with Gasteiger partial charge >= 0.3 is 0 Å². The van der Waals surface area contributed by atoms with Crippen LogP contribution in [0.2, 0.25) is 10.0 Å². The second-order valence-corrected chi connectivity index (χ2v) is 9.27. The van der Waals surface area contributed by atoms with E-state index in [0.717, 1.165) is 9.87 Å². The second kappa shape index (κ2) is 9.04. The molecular weight excluding hydrogens is 441 g/mol. The van der Waals surface area contributed by atoms with E-state index in [9.17, 15) is 13.2 Å². The zero-order valence-electron chi connectivity index (χ0n) is 16.3. The predicted octanol–water partition coefficient (Wildman–Crippen LogP) is 6.05. The molecule has 0 aliphatic heterocycles. The Morgan fingerprint density at radius 2 is 1.63 bits per heavy atom. The molecule has 0 fully saturated rings. The SMILES string of the molecule is Cc1cccc(N(C(=O)/C=C/c2ccc(Cl)cc2Cl)S(=O)(=O)c2ccccc2)c1C. The van der Waals surface area contributed by atoms with Gasteiger partial charge in [-0.1, -0.05) is 59.6 Å². The topological polar surface area (TPSA) is 54.5 Å². The lowest BCUT2D eigenvalue weighted by Crippen LogP contribution is -2.36. The lowest BCUT2D eigenvalue weighted by Gasteiger charge is -2.24. The number of amides is 1. The summed E-state index contributed by atoms with van der Waals surface area (Å²) >= 11 is 12.1. The molecule has 0 aliphatic carbocycles. The summed E-state index contributed by atoms with van der Waals surface area (Å²) in [5, 5.41) is 0.822. The Bertz CT molecular complexity index is 1220. The number of anilines is 1. The molecule has 154 valence electrons. The van der Waals surface area contributed by atoms with Crippen molar-refractivity contribution in [1.82, 2.24) is 0 Å². The van der Waals surface area contributed by atoms with Gasteiger partial charge in [-0.3, -0.25) is 4.79 Å². The van der Waals surface area contributed by atoms with E-state index in [2.05, 4.69) is 0 Å². The molecule has 0 atom stereocenters. The van der Waals surface area contributed by atoms with Crippen LogP contribution in [0.25, 0.3) is 6.08 Å². The number of sulfonamides is 1. The summed E-state index contributed by atoms with van der Waals surface area (Å²) in [7, 11) is -4.14. The molecule has 0 aromatic heterocycles. The van der Waals surface area contributed by atoms with E-state index < -0.39 is 15.9 Å². The molecule has 4 nitrogen and oxygen atoms in total. The summed E-state index contributed by atoms with van der Waals surface area (Å²) < 4.78 is 27.6. The van der Waals surface area contributed by atoms with Gasteiger partial charge in [-0.25, -0.2) is 8.42 Å². The molecule has 0 heterocycles. The van der Waals surface area contributed by atoms with Crippen molar-refractivity contribution < 1.29 is 13.2 Å². The van der Waals surface area contributed by atoms with Crippen LogP contribution in [0.4, 0.5) is 5.69 Å². The minimum atomic E-state index is -4.14. The highest BCUT2D eigenvalue weighted by Crippen LogP contribution is 2.29. The van der Waals surface area contributed by atoms with Gasteiger partial charge in [-0.15, -0.1) is 0 Å². The molecule has 0 saturated carbocycles. The molecule has 7 heteroatoms. The predicted molar refractivity (Wildman–Crippen MR) is 123 cm³/mol. The van der Waals surface area contributed by atoms with Crippen LogP contribution in [-0.2, 0) is 14.8 Å². The zero-order valence-corrected chi connectivity index (χ0v) is 18.7. The molecule has 0 saturated heterocycles. The highest BCUT2D eigenvalue weighted by Gasteiger charge is 2.31. The van der Waals surface area contributed by atoms with Crippen LogP contribution in [0.5, 0.6) is 0 Å². The van der Waals surface area contributed by atoms with Gasteiger partial charge in [0.15, 0.2) is 0 Å². The number of hydrogen-bond donors (Lipinski definition) is 0. The largest absolute Gasteiger partial charge is 0.271 e. The monoisotopic (exact) mass is 459 g/mol. The molecule has 0 N–H and O–H groups in total. The Labute approximate surface area is 186 Å². The van der Waals surface area contributed by atoms with E-state index in [-0.39, 0.29) is 4.90 Å². The average Bonchev–Trinajstić information content (AvgIpc) is 2.71. The molecule has 30 heavy (non-hydrogen) atoms. The third-order valence-corrected chi connectivity index (χ3v) is 6.93. The van der Waals surface area contributed by atoms with E-state index in [0.29, 0.717) is 26.9 Å². The summed E-state index contributed by atoms with van der Waals surface area (Å²) in [5.74, 6) is -0.710. The lowest BCUT2D eigenvalue weighted by molar-refractivity contribution is -0.113. The molecule has 3 rings (SSSR count). The number of benzene rings is 3. The van der Waals surface area contributed by atoms with Crippen LogP contribution in [0, 0.1) is 13.8 Å². The van der Waals surface area contributed by atoms with Crippen molar-refractivity contribution in [3.8, 4) is 0 Å². The minimum Gasteiger partial charge on any atom is -0.268 e. The quantitative estimate of drug-likeness (QED) is 0.436. The van der Waals surface area contributed by atoms with Crippen molar-refractivity contribution in [2.75, 3.05) is 4.31 Å². The number of halogens is 2. The number of nitrogens with zero attached hydrogens (tertiary/aromatic N) is 1. The molecule has 3 aromatic rings. The third-order valence-electron chi connectivity index (χ3n) is 4.64. The van der Waals surface area contributed by atoms with Crippen LogP contribution >= 0.6 is 23.2 Å². The van der Waals surface area contributed by atoms with Crippen LogP contribution < -0.4 is 4.31 Å². The first-order valence-corrected chi connectivity index (χ1v) is 11.2. The van der Waals surface area contributed by atoms with E-state index in [4.69, 9.17) is 23.2 Å². The molecular formula is C23H19Cl2NO3S. The number of carbonyl (C=O) groups excluding carboxylic acids is 1. The van der Waals surface area contributed by atoms with E-state index in [1.807, 2.05) is 13.0 Å². The van der Waals surface area contributed by atoms with Gasteiger partial charge in [-0.2, -0.15) is 4.31 Å². The van der Waals surface area contributed by atoms with Crippen molar-refractivity contribution in [1.29, 1.82) is 0 Å². The van der Waals surface area contributed by atoms with Crippen molar-refractivity contribution in [3.63, 3.8) is 0 Å². The molecule has 0 radical (unpaired) electrons. The molecule has 0 unspecified atom stereocenters. The first-order valence-electron chi connectivity index (χ1n) is 9.05. The fraction of sp³-hybridized carbons (Fsp3) is 0.0870. The highest BCUT2D eigenvalue weighted by molar-refractivity contribution is 7.93. The summed E-state index contributed by atoms with van der Waals surface area (Å²) in [4.78, 5) is 13.2. The summed E-state index contributed by atoms with van der Waals surface area (Å²) in [6, 6.07) is 17.9. The second-order valence-electron chi connectivity index (χ2n) is 6.64. The van der Waals surface area contributed by atoms with Crippen molar-refractivity contribution in [2.24, 2.45) is 0 Å². The first-order chi connectivity index (χ1) is 14.2. The molecule has 3 aromatic carbocycles. The zero-order chi connectivity index (χ0) is 21.9. The Hall–Kier alpha value is -2.60. The first kappa shape index (κ1) is 22.1. The van der Waals surface area contributed by atoms with Gasteiger partial charge in [-0.05, 0) is 66.9 Å². The third kappa shape index (κ3) is 4.59. The highest BCUT2D eigenvalue weighted by atomic mass is 35.5. The van der Waals surface area contributed by atoms with Gasteiger partial charge in [0.2, 0.25) is 0 Å². The van der Waals surface area contributed by atoms with E-state index >= 15 is 0 Å². The molecule has 1 amide bonds. The van der Waals surface area contributed by atoms with Crippen molar-refractivity contribution in [2.45, 2.75) is 18.7 Å². The fourth-order valence-electron chi connectivity index (χ4n) is 2.89. The summed E-state index contributed by atoms with van der Waals surface area (Å²) in [6.07, 6.45) is 2.66. The van der Waals surface area contributed by atoms with Crippen molar-refractivity contribution >= 4 is 50.9 Å².